The van der Waals surface area contributed by atoms with E-state index in [1.807, 2.05) is 42.2 Å². The van der Waals surface area contributed by atoms with E-state index in [1.54, 1.807) is 0 Å². The van der Waals surface area contributed by atoms with Crippen LogP contribution in [0.15, 0.2) is 34.7 Å². The first-order chi connectivity index (χ1) is 13.7. The first-order valence-corrected chi connectivity index (χ1v) is 10.9. The average Bonchev–Trinajstić information content (AvgIpc) is 3.20. The van der Waals surface area contributed by atoms with Gasteiger partial charge in [-0.15, -0.1) is 10.2 Å². The predicted octanol–water partition coefficient (Wildman–Crippen LogP) is 1.95. The number of hydrogen-bond donors (Lipinski definition) is 1. The fourth-order valence-corrected chi connectivity index (χ4v) is 4.35. The summed E-state index contributed by atoms with van der Waals surface area (Å²) in [7, 11) is 0. The number of rotatable bonds is 8. The van der Waals surface area contributed by atoms with Gasteiger partial charge in [0.1, 0.15) is 6.61 Å². The minimum Gasteiger partial charge on any atom is -0.372 e. The molecule has 2 heterocycles. The molecular weight excluding hydrogens is 398 g/mol. The van der Waals surface area contributed by atoms with Crippen LogP contribution in [0.4, 0.5) is 10.8 Å². The van der Waals surface area contributed by atoms with Crippen LogP contribution >= 0.6 is 23.1 Å². The number of hydrogen-bond acceptors (Lipinski definition) is 8. The van der Waals surface area contributed by atoms with Gasteiger partial charge in [0, 0.05) is 38.5 Å². The Morgan fingerprint density at radius 2 is 1.93 bits per heavy atom. The monoisotopic (exact) mass is 421 g/mol. The highest BCUT2D eigenvalue weighted by Crippen LogP contribution is 2.28. The molecule has 1 aromatic heterocycles. The highest BCUT2D eigenvalue weighted by Gasteiger charge is 2.23. The molecule has 0 radical (unpaired) electrons. The van der Waals surface area contributed by atoms with Gasteiger partial charge in [0.2, 0.25) is 16.9 Å². The lowest BCUT2D eigenvalue weighted by Gasteiger charge is -2.34. The van der Waals surface area contributed by atoms with Crippen LogP contribution in [-0.2, 0) is 14.3 Å². The number of piperazine rings is 1. The maximum Gasteiger partial charge on any atom is 0.248 e. The Morgan fingerprint density at radius 3 is 2.64 bits per heavy atom. The molecule has 0 atom stereocenters. The summed E-state index contributed by atoms with van der Waals surface area (Å²) in [5, 5.41) is 12.1. The van der Waals surface area contributed by atoms with E-state index in [4.69, 9.17) is 4.74 Å². The molecule has 3 rings (SSSR count). The molecule has 2 amide bonds. The summed E-state index contributed by atoms with van der Waals surface area (Å²) in [6.45, 7) is 5.28. The molecule has 0 unspecified atom stereocenters. The van der Waals surface area contributed by atoms with Crippen molar-refractivity contribution in [2.24, 2.45) is 0 Å². The second-order valence-electron chi connectivity index (χ2n) is 6.06. The van der Waals surface area contributed by atoms with Crippen molar-refractivity contribution >= 4 is 45.7 Å². The quantitative estimate of drug-likeness (QED) is 0.652. The highest BCUT2D eigenvalue weighted by atomic mass is 32.2. The van der Waals surface area contributed by atoms with E-state index in [-0.39, 0.29) is 24.2 Å². The molecule has 1 N–H and O–H groups in total. The molecule has 150 valence electrons. The van der Waals surface area contributed by atoms with Gasteiger partial charge in [-0.2, -0.15) is 0 Å². The van der Waals surface area contributed by atoms with Crippen LogP contribution in [0, 0.1) is 0 Å². The maximum absolute atomic E-state index is 12.0. The van der Waals surface area contributed by atoms with Crippen molar-refractivity contribution in [1.29, 1.82) is 0 Å². The van der Waals surface area contributed by atoms with Crippen LogP contribution in [0.2, 0.25) is 0 Å². The fraction of sp³-hybridized carbons (Fsp3) is 0.444. The summed E-state index contributed by atoms with van der Waals surface area (Å²) in [6.07, 6.45) is 0. The third-order valence-corrected chi connectivity index (χ3v) is 6.23. The molecule has 2 aromatic rings. The summed E-state index contributed by atoms with van der Waals surface area (Å²) in [6, 6.07) is 9.37. The number of nitrogens with one attached hydrogen (secondary N) is 1. The van der Waals surface area contributed by atoms with Crippen molar-refractivity contribution < 1.29 is 14.3 Å². The van der Waals surface area contributed by atoms with Gasteiger partial charge in [-0.25, -0.2) is 0 Å². The van der Waals surface area contributed by atoms with E-state index in [0.29, 0.717) is 32.8 Å². The van der Waals surface area contributed by atoms with Crippen molar-refractivity contribution in [2.75, 3.05) is 55.4 Å². The van der Waals surface area contributed by atoms with E-state index in [0.717, 1.165) is 15.2 Å². The Labute approximate surface area is 172 Å². The normalized spacial score (nSPS) is 14.2. The summed E-state index contributed by atoms with van der Waals surface area (Å²) in [5.41, 5.74) is 0.780. The average molecular weight is 422 g/mol. The van der Waals surface area contributed by atoms with Gasteiger partial charge in [0.15, 0.2) is 4.34 Å². The van der Waals surface area contributed by atoms with Crippen LogP contribution in [-0.4, -0.2) is 72.1 Å². The standard InChI is InChI=1S/C18H23N5O3S2/c1-2-26-12-16(25)22-8-10-23(11-9-22)17-20-21-18(28-17)27-13-15(24)19-14-6-4-3-5-7-14/h3-7H,2,8-13H2,1H3,(H,19,24). The first-order valence-electron chi connectivity index (χ1n) is 9.07. The molecule has 1 aliphatic heterocycles. The molecular formula is C18H23N5O3S2. The zero-order valence-electron chi connectivity index (χ0n) is 15.7. The van der Waals surface area contributed by atoms with Crippen LogP contribution in [0.5, 0.6) is 0 Å². The number of carbonyl (C=O) groups is 2. The lowest BCUT2D eigenvalue weighted by atomic mass is 10.3. The van der Waals surface area contributed by atoms with Crippen molar-refractivity contribution in [3.05, 3.63) is 30.3 Å². The summed E-state index contributed by atoms with van der Waals surface area (Å²) < 4.78 is 5.94. The molecule has 28 heavy (non-hydrogen) atoms. The smallest absolute Gasteiger partial charge is 0.248 e. The molecule has 1 aliphatic rings. The van der Waals surface area contributed by atoms with Crippen molar-refractivity contribution in [1.82, 2.24) is 15.1 Å². The zero-order valence-corrected chi connectivity index (χ0v) is 17.3. The lowest BCUT2D eigenvalue weighted by molar-refractivity contribution is -0.136. The number of aromatic nitrogens is 2. The molecule has 0 bridgehead atoms. The van der Waals surface area contributed by atoms with Crippen molar-refractivity contribution in [3.63, 3.8) is 0 Å². The topological polar surface area (TPSA) is 87.7 Å². The number of benzene rings is 1. The van der Waals surface area contributed by atoms with Gasteiger partial charge < -0.3 is 19.9 Å². The van der Waals surface area contributed by atoms with E-state index >= 15 is 0 Å². The Hall–Kier alpha value is -2.17. The minimum absolute atomic E-state index is 0.0273. The number of amides is 2. The van der Waals surface area contributed by atoms with E-state index < -0.39 is 0 Å². The lowest BCUT2D eigenvalue weighted by Crippen LogP contribution is -2.49. The van der Waals surface area contributed by atoms with Crippen LogP contribution < -0.4 is 10.2 Å². The number of nitrogens with zero attached hydrogens (tertiary/aromatic N) is 4. The predicted molar refractivity (Wildman–Crippen MR) is 111 cm³/mol. The summed E-state index contributed by atoms with van der Waals surface area (Å²) in [5.74, 6) is 0.234. The van der Waals surface area contributed by atoms with E-state index in [1.165, 1.54) is 23.1 Å². The molecule has 1 fully saturated rings. The summed E-state index contributed by atoms with van der Waals surface area (Å²) in [4.78, 5) is 28.0. The van der Waals surface area contributed by atoms with Gasteiger partial charge in [0.05, 0.1) is 5.75 Å². The van der Waals surface area contributed by atoms with Crippen molar-refractivity contribution in [2.45, 2.75) is 11.3 Å². The Morgan fingerprint density at radius 1 is 1.18 bits per heavy atom. The minimum atomic E-state index is -0.0747. The number of anilines is 2. The third-order valence-electron chi connectivity index (χ3n) is 4.11. The zero-order chi connectivity index (χ0) is 19.8. The molecule has 8 nitrogen and oxygen atoms in total. The SMILES string of the molecule is CCOCC(=O)N1CCN(c2nnc(SCC(=O)Nc3ccccc3)s2)CC1. The van der Waals surface area contributed by atoms with Crippen LogP contribution in [0.1, 0.15) is 6.92 Å². The highest BCUT2D eigenvalue weighted by molar-refractivity contribution is 8.01. The van der Waals surface area contributed by atoms with Gasteiger partial charge in [-0.3, -0.25) is 9.59 Å². The first kappa shape index (κ1) is 20.6. The summed E-state index contributed by atoms with van der Waals surface area (Å²) >= 11 is 2.84. The Bertz CT molecular complexity index is 779. The second kappa shape index (κ2) is 10.4. The van der Waals surface area contributed by atoms with Gasteiger partial charge in [-0.05, 0) is 19.1 Å². The number of ether oxygens (including phenoxy) is 1. The van der Waals surface area contributed by atoms with Gasteiger partial charge >= 0.3 is 0 Å². The molecule has 0 spiro atoms. The second-order valence-corrected chi connectivity index (χ2v) is 8.24. The van der Waals surface area contributed by atoms with E-state index in [9.17, 15) is 9.59 Å². The number of carbonyl (C=O) groups excluding carboxylic acids is 2. The van der Waals surface area contributed by atoms with Gasteiger partial charge in [0.25, 0.3) is 0 Å². The molecule has 1 aromatic carbocycles. The molecule has 0 saturated carbocycles. The number of para-hydroxylation sites is 1. The maximum atomic E-state index is 12.0. The van der Waals surface area contributed by atoms with Crippen LogP contribution in [0.25, 0.3) is 0 Å². The Balaban J connectivity index is 1.43. The molecule has 1 saturated heterocycles. The number of thioether (sulfide) groups is 1. The largest absolute Gasteiger partial charge is 0.372 e. The van der Waals surface area contributed by atoms with Crippen LogP contribution in [0.3, 0.4) is 0 Å². The molecule has 0 aliphatic carbocycles. The Kier molecular flexibility index (Phi) is 7.63. The fourth-order valence-electron chi connectivity index (χ4n) is 2.66. The van der Waals surface area contributed by atoms with E-state index in [2.05, 4.69) is 20.4 Å². The molecule has 10 heteroatoms. The van der Waals surface area contributed by atoms with Crippen molar-refractivity contribution in [3.8, 4) is 0 Å². The third kappa shape index (κ3) is 5.91. The van der Waals surface area contributed by atoms with Gasteiger partial charge in [-0.1, -0.05) is 41.3 Å².